The molecular weight excluding hydrogens is 306 g/mol. The quantitative estimate of drug-likeness (QED) is 0.520. The van der Waals surface area contributed by atoms with Crippen molar-refractivity contribution < 1.29 is 24.9 Å². The normalized spacial score (nSPS) is 30.9. The van der Waals surface area contributed by atoms with Crippen molar-refractivity contribution in [2.24, 2.45) is 0 Å². The Bertz CT molecular complexity index is 690. The third-order valence-electron chi connectivity index (χ3n) is 3.86. The van der Waals surface area contributed by atoms with Crippen LogP contribution in [0.15, 0.2) is 12.7 Å². The molecule has 0 bridgehead atoms. The molecule has 2 aromatic rings. The highest BCUT2D eigenvalue weighted by molar-refractivity contribution is 5.82. The van der Waals surface area contributed by atoms with E-state index >= 15 is 0 Å². The number of aliphatic hydroxyl groups is 3. The molecule has 10 nitrogen and oxygen atoms in total. The van der Waals surface area contributed by atoms with E-state index in [4.69, 9.17) is 9.57 Å². The number of anilines is 1. The van der Waals surface area contributed by atoms with Crippen molar-refractivity contribution in [3.63, 3.8) is 0 Å². The van der Waals surface area contributed by atoms with Crippen LogP contribution in [-0.2, 0) is 9.57 Å². The monoisotopic (exact) mass is 325 g/mol. The first-order chi connectivity index (χ1) is 11.0. The van der Waals surface area contributed by atoms with Gasteiger partial charge in [0.05, 0.1) is 19.5 Å². The summed E-state index contributed by atoms with van der Waals surface area (Å²) in [5.41, 5.74) is 1.89. The van der Waals surface area contributed by atoms with Gasteiger partial charge in [-0.05, 0) is 13.8 Å². The van der Waals surface area contributed by atoms with Gasteiger partial charge in [0.25, 0.3) is 0 Å². The zero-order valence-corrected chi connectivity index (χ0v) is 12.7. The average molecular weight is 325 g/mol. The molecule has 3 heterocycles. The number of rotatable bonds is 5. The van der Waals surface area contributed by atoms with E-state index in [0.29, 0.717) is 23.6 Å². The number of fused-ring (bicyclic) bond motifs is 1. The Labute approximate surface area is 131 Å². The number of aliphatic hydroxyl groups excluding tert-OH is 2. The highest BCUT2D eigenvalue weighted by Gasteiger charge is 2.53. The fraction of sp³-hybridized carbons (Fsp3) is 0.615. The SMILES string of the molecule is CCONc1ncnc2c1ncn2[C@@H]1O[C@H](CO)[C@@H](O)[C@@]1(C)O. The van der Waals surface area contributed by atoms with Gasteiger partial charge in [-0.15, -0.1) is 0 Å². The maximum absolute atomic E-state index is 10.5. The van der Waals surface area contributed by atoms with E-state index in [1.54, 1.807) is 0 Å². The summed E-state index contributed by atoms with van der Waals surface area (Å²) in [7, 11) is 0. The Morgan fingerprint density at radius 1 is 1.43 bits per heavy atom. The first-order valence-electron chi connectivity index (χ1n) is 7.22. The van der Waals surface area contributed by atoms with E-state index in [1.807, 2.05) is 6.92 Å². The second-order valence-electron chi connectivity index (χ2n) is 5.46. The molecule has 0 saturated carbocycles. The zero-order chi connectivity index (χ0) is 16.6. The maximum Gasteiger partial charge on any atom is 0.181 e. The van der Waals surface area contributed by atoms with Crippen LogP contribution in [0.3, 0.4) is 0 Å². The van der Waals surface area contributed by atoms with E-state index in [2.05, 4.69) is 20.4 Å². The average Bonchev–Trinajstić information content (AvgIpc) is 3.06. The van der Waals surface area contributed by atoms with Gasteiger partial charge in [0.2, 0.25) is 0 Å². The predicted molar refractivity (Wildman–Crippen MR) is 78.2 cm³/mol. The highest BCUT2D eigenvalue weighted by Crippen LogP contribution is 2.39. The second-order valence-corrected chi connectivity index (χ2v) is 5.46. The lowest BCUT2D eigenvalue weighted by molar-refractivity contribution is -0.0950. The molecule has 0 spiro atoms. The molecule has 1 saturated heterocycles. The fourth-order valence-corrected chi connectivity index (χ4v) is 2.63. The van der Waals surface area contributed by atoms with Crippen molar-refractivity contribution in [2.45, 2.75) is 37.9 Å². The van der Waals surface area contributed by atoms with Gasteiger partial charge in [-0.2, -0.15) is 0 Å². The van der Waals surface area contributed by atoms with Crippen molar-refractivity contribution in [3.05, 3.63) is 12.7 Å². The second kappa shape index (κ2) is 5.98. The van der Waals surface area contributed by atoms with Crippen LogP contribution in [0, 0.1) is 0 Å². The largest absolute Gasteiger partial charge is 0.394 e. The molecule has 4 atom stereocenters. The molecule has 3 rings (SSSR count). The van der Waals surface area contributed by atoms with Crippen LogP contribution in [0.25, 0.3) is 11.2 Å². The summed E-state index contributed by atoms with van der Waals surface area (Å²) in [6.07, 6.45) is -0.323. The smallest absolute Gasteiger partial charge is 0.181 e. The van der Waals surface area contributed by atoms with Gasteiger partial charge in [0.15, 0.2) is 23.2 Å². The first kappa shape index (κ1) is 16.0. The minimum absolute atomic E-state index is 0.382. The Morgan fingerprint density at radius 3 is 2.87 bits per heavy atom. The van der Waals surface area contributed by atoms with Crippen molar-refractivity contribution in [3.8, 4) is 0 Å². The molecule has 4 N–H and O–H groups in total. The molecule has 10 heteroatoms. The number of hydrogen-bond acceptors (Lipinski definition) is 9. The summed E-state index contributed by atoms with van der Waals surface area (Å²) in [6, 6.07) is 0. The molecule has 0 aromatic carbocycles. The number of hydrogen-bond donors (Lipinski definition) is 4. The highest BCUT2D eigenvalue weighted by atomic mass is 16.6. The van der Waals surface area contributed by atoms with Gasteiger partial charge < -0.3 is 20.1 Å². The van der Waals surface area contributed by atoms with Crippen LogP contribution < -0.4 is 5.48 Å². The van der Waals surface area contributed by atoms with Gasteiger partial charge >= 0.3 is 0 Å². The maximum atomic E-state index is 10.5. The Morgan fingerprint density at radius 2 is 2.22 bits per heavy atom. The van der Waals surface area contributed by atoms with Gasteiger partial charge in [0, 0.05) is 0 Å². The molecule has 2 aromatic heterocycles. The molecular formula is C13H19N5O5. The van der Waals surface area contributed by atoms with Gasteiger partial charge in [-0.3, -0.25) is 9.40 Å². The lowest BCUT2D eigenvalue weighted by Crippen LogP contribution is -2.44. The minimum atomic E-state index is -1.61. The van der Waals surface area contributed by atoms with E-state index in [9.17, 15) is 15.3 Å². The van der Waals surface area contributed by atoms with Crippen molar-refractivity contribution in [1.29, 1.82) is 0 Å². The Kier molecular flexibility index (Phi) is 4.17. The molecule has 0 amide bonds. The van der Waals surface area contributed by atoms with Crippen molar-refractivity contribution in [1.82, 2.24) is 19.5 Å². The zero-order valence-electron chi connectivity index (χ0n) is 12.7. The lowest BCUT2D eigenvalue weighted by atomic mass is 9.96. The van der Waals surface area contributed by atoms with Gasteiger partial charge in [-0.25, -0.2) is 20.4 Å². The first-order valence-corrected chi connectivity index (χ1v) is 7.22. The molecule has 126 valence electrons. The summed E-state index contributed by atoms with van der Waals surface area (Å²) < 4.78 is 7.07. The van der Waals surface area contributed by atoms with Crippen LogP contribution in [0.2, 0.25) is 0 Å². The van der Waals surface area contributed by atoms with Crippen LogP contribution in [-0.4, -0.2) is 65.9 Å². The van der Waals surface area contributed by atoms with E-state index in [1.165, 1.54) is 24.1 Å². The topological polar surface area (TPSA) is 135 Å². The molecule has 23 heavy (non-hydrogen) atoms. The standard InChI is InChI=1S/C13H19N5O5/c1-3-22-17-10-8-11(15-5-14-10)18(6-16-8)12-13(2,21)9(20)7(4-19)23-12/h5-7,9,12,19-21H,3-4H2,1-2H3,(H,14,15,17)/t7-,9-,12-,13-/m1/s1. The van der Waals surface area contributed by atoms with Crippen molar-refractivity contribution in [2.75, 3.05) is 18.7 Å². The Hall–Kier alpha value is -1.85. The predicted octanol–water partition coefficient (Wildman–Crippen LogP) is -0.809. The molecule has 0 aliphatic carbocycles. The third-order valence-corrected chi connectivity index (χ3v) is 3.86. The summed E-state index contributed by atoms with van der Waals surface area (Å²) in [4.78, 5) is 17.5. The van der Waals surface area contributed by atoms with Crippen LogP contribution in [0.1, 0.15) is 20.1 Å². The minimum Gasteiger partial charge on any atom is -0.394 e. The molecule has 0 unspecified atom stereocenters. The van der Waals surface area contributed by atoms with Gasteiger partial charge in [0.1, 0.15) is 24.1 Å². The number of nitrogens with one attached hydrogen (secondary N) is 1. The summed E-state index contributed by atoms with van der Waals surface area (Å²) in [6.45, 7) is 3.29. The number of aromatic nitrogens is 4. The number of nitrogens with zero attached hydrogens (tertiary/aromatic N) is 4. The molecule has 1 aliphatic rings. The summed E-state index contributed by atoms with van der Waals surface area (Å²) in [5.74, 6) is 0.382. The fourth-order valence-electron chi connectivity index (χ4n) is 2.63. The molecule has 1 fully saturated rings. The van der Waals surface area contributed by atoms with Crippen molar-refractivity contribution >= 4 is 17.0 Å². The summed E-state index contributed by atoms with van der Waals surface area (Å²) >= 11 is 0. The lowest BCUT2D eigenvalue weighted by Gasteiger charge is -2.27. The van der Waals surface area contributed by atoms with Crippen LogP contribution in [0.5, 0.6) is 0 Å². The van der Waals surface area contributed by atoms with Crippen LogP contribution in [0.4, 0.5) is 5.82 Å². The third kappa shape index (κ3) is 2.54. The van der Waals surface area contributed by atoms with E-state index in [-0.39, 0.29) is 0 Å². The van der Waals surface area contributed by atoms with E-state index in [0.717, 1.165) is 0 Å². The summed E-state index contributed by atoms with van der Waals surface area (Å²) in [5, 5.41) is 29.9. The van der Waals surface area contributed by atoms with Gasteiger partial charge in [-0.1, -0.05) is 0 Å². The molecule has 1 aliphatic heterocycles. The number of imidazole rings is 1. The Balaban J connectivity index is 2.01. The van der Waals surface area contributed by atoms with Crippen LogP contribution >= 0.6 is 0 Å². The molecule has 0 radical (unpaired) electrons. The van der Waals surface area contributed by atoms with E-state index < -0.39 is 30.6 Å². The number of ether oxygens (including phenoxy) is 1.